The Morgan fingerprint density at radius 2 is 1.77 bits per heavy atom. The lowest BCUT2D eigenvalue weighted by atomic mass is 10.1. The lowest BCUT2D eigenvalue weighted by Gasteiger charge is -2.27. The van der Waals surface area contributed by atoms with E-state index in [9.17, 15) is 14.4 Å². The number of benzene rings is 2. The van der Waals surface area contributed by atoms with Gasteiger partial charge in [-0.3, -0.25) is 14.4 Å². The van der Waals surface area contributed by atoms with Crippen molar-refractivity contribution in [3.8, 4) is 5.75 Å². The molecule has 4 rings (SSSR count). The molecule has 1 unspecified atom stereocenters. The van der Waals surface area contributed by atoms with Crippen molar-refractivity contribution in [1.82, 2.24) is 4.90 Å². The number of hydrogen-bond acceptors (Lipinski definition) is 5. The average Bonchev–Trinajstić information content (AvgIpc) is 3.21. The third kappa shape index (κ3) is 4.54. The molecule has 31 heavy (non-hydrogen) atoms. The van der Waals surface area contributed by atoms with Gasteiger partial charge < -0.3 is 24.6 Å². The molecule has 0 spiro atoms. The predicted octanol–water partition coefficient (Wildman–Crippen LogP) is 2.16. The third-order valence-corrected chi connectivity index (χ3v) is 5.59. The number of carbonyl (C=O) groups is 3. The standard InChI is InChI=1S/C23H25N3O5/c1-30-18-8-6-17(7-9-18)26-15-16(14-21(26)27)22(28)24-20-5-3-2-4-19(20)23(29)25-10-12-31-13-11-25/h2-9,16H,10-15H2,1H3,(H,24,28). The quantitative estimate of drug-likeness (QED) is 0.796. The Morgan fingerprint density at radius 1 is 1.06 bits per heavy atom. The predicted molar refractivity (Wildman–Crippen MR) is 115 cm³/mol. The Balaban J connectivity index is 1.45. The molecule has 1 atom stereocenters. The number of morpholine rings is 1. The second-order valence-corrected chi connectivity index (χ2v) is 7.54. The molecule has 2 saturated heterocycles. The van der Waals surface area contributed by atoms with Crippen LogP contribution in [0, 0.1) is 5.92 Å². The monoisotopic (exact) mass is 423 g/mol. The minimum atomic E-state index is -0.499. The van der Waals surface area contributed by atoms with E-state index in [-0.39, 0.29) is 30.7 Å². The Kier molecular flexibility index (Phi) is 6.18. The third-order valence-electron chi connectivity index (χ3n) is 5.59. The number of nitrogens with one attached hydrogen (secondary N) is 1. The van der Waals surface area contributed by atoms with Gasteiger partial charge >= 0.3 is 0 Å². The normalized spacial score (nSPS) is 18.7. The Morgan fingerprint density at radius 3 is 2.48 bits per heavy atom. The van der Waals surface area contributed by atoms with E-state index in [0.29, 0.717) is 43.3 Å². The van der Waals surface area contributed by atoms with Crippen LogP contribution in [-0.4, -0.2) is 62.6 Å². The maximum atomic E-state index is 12.9. The molecule has 0 radical (unpaired) electrons. The molecule has 8 nitrogen and oxygen atoms in total. The minimum Gasteiger partial charge on any atom is -0.497 e. The summed E-state index contributed by atoms with van der Waals surface area (Å²) < 4.78 is 10.5. The summed E-state index contributed by atoms with van der Waals surface area (Å²) in [4.78, 5) is 41.7. The summed E-state index contributed by atoms with van der Waals surface area (Å²) in [5.74, 6) is -0.316. The number of anilines is 2. The average molecular weight is 423 g/mol. The molecule has 2 aromatic carbocycles. The first-order chi connectivity index (χ1) is 15.1. The second-order valence-electron chi connectivity index (χ2n) is 7.54. The number of amides is 3. The molecule has 2 aliphatic heterocycles. The fraction of sp³-hybridized carbons (Fsp3) is 0.348. The molecular weight excluding hydrogens is 398 g/mol. The van der Waals surface area contributed by atoms with Crippen molar-refractivity contribution in [2.24, 2.45) is 5.92 Å². The maximum Gasteiger partial charge on any atom is 0.256 e. The van der Waals surface area contributed by atoms with Crippen LogP contribution in [-0.2, 0) is 14.3 Å². The van der Waals surface area contributed by atoms with Crippen LogP contribution < -0.4 is 15.0 Å². The molecule has 0 aromatic heterocycles. The van der Waals surface area contributed by atoms with E-state index in [1.165, 1.54) is 0 Å². The Labute approximate surface area is 180 Å². The summed E-state index contributed by atoms with van der Waals surface area (Å²) in [5, 5.41) is 2.87. The van der Waals surface area contributed by atoms with Crippen LogP contribution in [0.25, 0.3) is 0 Å². The fourth-order valence-electron chi connectivity index (χ4n) is 3.85. The molecule has 0 aliphatic carbocycles. The van der Waals surface area contributed by atoms with Gasteiger partial charge in [0.25, 0.3) is 5.91 Å². The van der Waals surface area contributed by atoms with Crippen molar-refractivity contribution >= 4 is 29.1 Å². The molecule has 8 heteroatoms. The molecule has 2 aromatic rings. The molecule has 0 bridgehead atoms. The van der Waals surface area contributed by atoms with Crippen molar-refractivity contribution in [2.75, 3.05) is 50.2 Å². The summed E-state index contributed by atoms with van der Waals surface area (Å²) in [7, 11) is 1.58. The highest BCUT2D eigenvalue weighted by Crippen LogP contribution is 2.28. The van der Waals surface area contributed by atoms with Crippen LogP contribution >= 0.6 is 0 Å². The largest absolute Gasteiger partial charge is 0.497 e. The van der Waals surface area contributed by atoms with Gasteiger partial charge in [0.2, 0.25) is 11.8 Å². The van der Waals surface area contributed by atoms with Crippen molar-refractivity contribution in [3.05, 3.63) is 54.1 Å². The van der Waals surface area contributed by atoms with Crippen LogP contribution in [0.5, 0.6) is 5.75 Å². The highest BCUT2D eigenvalue weighted by molar-refractivity contribution is 6.07. The zero-order valence-electron chi connectivity index (χ0n) is 17.4. The zero-order valence-corrected chi connectivity index (χ0v) is 17.4. The van der Waals surface area contributed by atoms with E-state index in [1.54, 1.807) is 65.4 Å². The van der Waals surface area contributed by atoms with Crippen LogP contribution in [0.15, 0.2) is 48.5 Å². The number of hydrogen-bond donors (Lipinski definition) is 1. The second kappa shape index (κ2) is 9.18. The van der Waals surface area contributed by atoms with Gasteiger partial charge in [0.05, 0.1) is 37.5 Å². The van der Waals surface area contributed by atoms with Crippen molar-refractivity contribution in [2.45, 2.75) is 6.42 Å². The SMILES string of the molecule is COc1ccc(N2CC(C(=O)Nc3ccccc3C(=O)N3CCOCC3)CC2=O)cc1. The minimum absolute atomic E-state index is 0.108. The summed E-state index contributed by atoms with van der Waals surface area (Å²) in [6.45, 7) is 2.35. The summed E-state index contributed by atoms with van der Waals surface area (Å²) in [6, 6.07) is 14.1. The fourth-order valence-corrected chi connectivity index (χ4v) is 3.85. The molecule has 1 N–H and O–H groups in total. The molecule has 0 saturated carbocycles. The topological polar surface area (TPSA) is 88.2 Å². The summed E-state index contributed by atoms with van der Waals surface area (Å²) in [6.07, 6.45) is 0.122. The molecule has 3 amide bonds. The number of methoxy groups -OCH3 is 1. The van der Waals surface area contributed by atoms with E-state index >= 15 is 0 Å². The number of para-hydroxylation sites is 1. The molecule has 2 heterocycles. The molecular formula is C23H25N3O5. The Hall–Kier alpha value is -3.39. The number of rotatable bonds is 5. The van der Waals surface area contributed by atoms with Crippen LogP contribution in [0.3, 0.4) is 0 Å². The molecule has 162 valence electrons. The lowest BCUT2D eigenvalue weighted by molar-refractivity contribution is -0.122. The van der Waals surface area contributed by atoms with Gasteiger partial charge in [0, 0.05) is 31.7 Å². The Bertz CT molecular complexity index is 969. The van der Waals surface area contributed by atoms with Gasteiger partial charge in [0.1, 0.15) is 5.75 Å². The smallest absolute Gasteiger partial charge is 0.256 e. The first-order valence-corrected chi connectivity index (χ1v) is 10.3. The molecule has 2 aliphatic rings. The van der Waals surface area contributed by atoms with Crippen molar-refractivity contribution in [3.63, 3.8) is 0 Å². The first kappa shape index (κ1) is 20.9. The number of ether oxygens (including phenoxy) is 2. The first-order valence-electron chi connectivity index (χ1n) is 10.3. The van der Waals surface area contributed by atoms with Gasteiger partial charge in [-0.2, -0.15) is 0 Å². The van der Waals surface area contributed by atoms with Crippen molar-refractivity contribution < 1.29 is 23.9 Å². The summed E-state index contributed by atoms with van der Waals surface area (Å²) >= 11 is 0. The molecule has 2 fully saturated rings. The number of carbonyl (C=O) groups excluding carboxylic acids is 3. The van der Waals surface area contributed by atoms with Crippen LogP contribution in [0.4, 0.5) is 11.4 Å². The summed E-state index contributed by atoms with van der Waals surface area (Å²) in [5.41, 5.74) is 1.62. The highest BCUT2D eigenvalue weighted by atomic mass is 16.5. The van der Waals surface area contributed by atoms with Crippen molar-refractivity contribution in [1.29, 1.82) is 0 Å². The highest BCUT2D eigenvalue weighted by Gasteiger charge is 2.35. The van der Waals surface area contributed by atoms with Gasteiger partial charge in [-0.15, -0.1) is 0 Å². The maximum absolute atomic E-state index is 12.9. The van der Waals surface area contributed by atoms with E-state index in [2.05, 4.69) is 5.32 Å². The van der Waals surface area contributed by atoms with Gasteiger partial charge in [-0.05, 0) is 36.4 Å². The lowest BCUT2D eigenvalue weighted by Crippen LogP contribution is -2.41. The van der Waals surface area contributed by atoms with E-state index in [0.717, 1.165) is 5.69 Å². The van der Waals surface area contributed by atoms with Gasteiger partial charge in [-0.25, -0.2) is 0 Å². The van der Waals surface area contributed by atoms with E-state index in [4.69, 9.17) is 9.47 Å². The van der Waals surface area contributed by atoms with E-state index < -0.39 is 5.92 Å². The van der Waals surface area contributed by atoms with E-state index in [1.807, 2.05) is 0 Å². The zero-order chi connectivity index (χ0) is 21.8. The van der Waals surface area contributed by atoms with Crippen LogP contribution in [0.2, 0.25) is 0 Å². The van der Waals surface area contributed by atoms with Crippen LogP contribution in [0.1, 0.15) is 16.8 Å². The van der Waals surface area contributed by atoms with Gasteiger partial charge in [0.15, 0.2) is 0 Å². The van der Waals surface area contributed by atoms with Gasteiger partial charge in [-0.1, -0.05) is 12.1 Å². The number of nitrogens with zero attached hydrogens (tertiary/aromatic N) is 2.